The lowest BCUT2D eigenvalue weighted by molar-refractivity contribution is -0.151. The van der Waals surface area contributed by atoms with E-state index in [0.717, 1.165) is 77.5 Å². The first-order valence-electron chi connectivity index (χ1n) is 18.3. The topological polar surface area (TPSA) is 157 Å². The molecule has 0 aliphatic carbocycles. The zero-order valence-corrected chi connectivity index (χ0v) is 30.6. The van der Waals surface area contributed by atoms with Crippen molar-refractivity contribution in [3.8, 4) is 0 Å². The molecule has 2 amide bonds. The molecule has 3 aromatic carbocycles. The van der Waals surface area contributed by atoms with Crippen LogP contribution in [-0.4, -0.2) is 68.5 Å². The maximum absolute atomic E-state index is 14.3. The molecule has 2 aliphatic rings. The van der Waals surface area contributed by atoms with Crippen LogP contribution in [0.5, 0.6) is 0 Å². The van der Waals surface area contributed by atoms with Gasteiger partial charge in [0.05, 0.1) is 16.9 Å². The summed E-state index contributed by atoms with van der Waals surface area (Å²) in [4.78, 5) is 43.1. The molecular formula is C39H53N5O6S. The number of carboxylic acid groups (broad SMARTS) is 1. The number of nitrogens with one attached hydrogen (secondary N) is 4. The Morgan fingerprint density at radius 1 is 0.843 bits per heavy atom. The van der Waals surface area contributed by atoms with Crippen LogP contribution in [0.1, 0.15) is 77.2 Å². The predicted octanol–water partition coefficient (Wildman–Crippen LogP) is 4.93. The molecular weight excluding hydrogens is 667 g/mol. The van der Waals surface area contributed by atoms with Gasteiger partial charge in [-0.25, -0.2) is 18.2 Å². The van der Waals surface area contributed by atoms with Crippen LogP contribution in [-0.2, 0) is 29.9 Å². The molecule has 0 aromatic heterocycles. The molecule has 11 nitrogen and oxygen atoms in total. The van der Waals surface area contributed by atoms with E-state index in [1.165, 1.54) is 13.0 Å². The van der Waals surface area contributed by atoms with Crippen molar-refractivity contribution in [2.24, 2.45) is 17.8 Å². The standard InChI is InChI=1S/C39H53N5O6S/c1-28(38(47)48)44(43-51(49,50)35-14-8-10-31-9-6-7-13-34(31)35)36(45)27-39(2,33-11-4-3-5-12-33)42-37(46)32(17-15-29-19-23-40-24-20-29)18-16-30-21-25-41-26-22-30/h3-14,28-30,32,40-41,43H,15-27H2,1-2H3,(H,42,46)(H,47,48). The molecule has 276 valence electrons. The van der Waals surface area contributed by atoms with Gasteiger partial charge in [-0.05, 0) is 120 Å². The van der Waals surface area contributed by atoms with E-state index in [4.69, 9.17) is 0 Å². The van der Waals surface area contributed by atoms with Crippen molar-refractivity contribution in [1.29, 1.82) is 0 Å². The molecule has 5 N–H and O–H groups in total. The molecule has 2 saturated heterocycles. The molecule has 2 aliphatic heterocycles. The summed E-state index contributed by atoms with van der Waals surface area (Å²) in [6, 6.07) is 19.3. The number of aliphatic carboxylic acids is 1. The van der Waals surface area contributed by atoms with E-state index in [0.29, 0.717) is 33.2 Å². The van der Waals surface area contributed by atoms with Gasteiger partial charge in [-0.2, -0.15) is 0 Å². The maximum Gasteiger partial charge on any atom is 0.327 e. The lowest BCUT2D eigenvalue weighted by atomic mass is 9.82. The van der Waals surface area contributed by atoms with Crippen LogP contribution in [0.2, 0.25) is 0 Å². The van der Waals surface area contributed by atoms with Gasteiger partial charge in [-0.3, -0.25) is 9.59 Å². The summed E-state index contributed by atoms with van der Waals surface area (Å²) in [5, 5.41) is 21.8. The van der Waals surface area contributed by atoms with Crippen LogP contribution in [0.4, 0.5) is 0 Å². The Kier molecular flexibility index (Phi) is 13.2. The Labute approximate surface area is 302 Å². The number of rotatable bonds is 16. The molecule has 0 radical (unpaired) electrons. The van der Waals surface area contributed by atoms with E-state index < -0.39 is 33.5 Å². The molecule has 2 heterocycles. The number of amides is 2. The second kappa shape index (κ2) is 17.6. The van der Waals surface area contributed by atoms with E-state index in [1.807, 2.05) is 30.3 Å². The van der Waals surface area contributed by atoms with Crippen molar-refractivity contribution in [2.45, 2.75) is 88.1 Å². The molecule has 12 heteroatoms. The van der Waals surface area contributed by atoms with Crippen LogP contribution >= 0.6 is 0 Å². The number of benzene rings is 3. The average molecular weight is 720 g/mol. The number of nitrogens with zero attached hydrogens (tertiary/aromatic N) is 1. The lowest BCUT2D eigenvalue weighted by Gasteiger charge is -2.36. The number of hydrazine groups is 1. The summed E-state index contributed by atoms with van der Waals surface area (Å²) in [5.41, 5.74) is -0.611. The summed E-state index contributed by atoms with van der Waals surface area (Å²) in [5.74, 6) is -1.46. The second-order valence-electron chi connectivity index (χ2n) is 14.5. The highest BCUT2D eigenvalue weighted by Crippen LogP contribution is 2.31. The number of sulfonamides is 1. The van der Waals surface area contributed by atoms with E-state index in [1.54, 1.807) is 43.3 Å². The van der Waals surface area contributed by atoms with Crippen molar-refractivity contribution < 1.29 is 27.9 Å². The van der Waals surface area contributed by atoms with E-state index in [2.05, 4.69) is 20.8 Å². The van der Waals surface area contributed by atoms with Gasteiger partial charge >= 0.3 is 5.97 Å². The van der Waals surface area contributed by atoms with Crippen molar-refractivity contribution in [3.05, 3.63) is 78.4 Å². The molecule has 3 aromatic rings. The fourth-order valence-electron chi connectivity index (χ4n) is 7.47. The number of piperidine rings is 2. The number of fused-ring (bicyclic) bond motifs is 1. The summed E-state index contributed by atoms with van der Waals surface area (Å²) in [6.07, 6.45) is 7.36. The van der Waals surface area contributed by atoms with Gasteiger partial charge in [0.1, 0.15) is 6.04 Å². The Bertz CT molecular complexity index is 1720. The van der Waals surface area contributed by atoms with E-state index in [-0.39, 0.29) is 23.1 Å². The Hall–Kier alpha value is -3.84. The first-order valence-corrected chi connectivity index (χ1v) is 19.8. The molecule has 2 atom stereocenters. The Balaban J connectivity index is 1.40. The largest absolute Gasteiger partial charge is 0.480 e. The maximum atomic E-state index is 14.3. The number of hydrogen-bond donors (Lipinski definition) is 5. The molecule has 2 fully saturated rings. The summed E-state index contributed by atoms with van der Waals surface area (Å²) in [7, 11) is -4.41. The number of carbonyl (C=O) groups excluding carboxylic acids is 2. The van der Waals surface area contributed by atoms with Crippen LogP contribution in [0.3, 0.4) is 0 Å². The van der Waals surface area contributed by atoms with Gasteiger partial charge < -0.3 is 21.1 Å². The monoisotopic (exact) mass is 719 g/mol. The SMILES string of the molecule is CC(C(=O)O)N(NS(=O)(=O)c1cccc2ccccc12)C(=O)CC(C)(NC(=O)C(CCC1CCNCC1)CCC1CCNCC1)c1ccccc1. The van der Waals surface area contributed by atoms with Crippen molar-refractivity contribution >= 4 is 38.6 Å². The minimum atomic E-state index is -4.41. The summed E-state index contributed by atoms with van der Waals surface area (Å²) >= 11 is 0. The third kappa shape index (κ3) is 10.2. The second-order valence-corrected chi connectivity index (χ2v) is 16.1. The smallest absolute Gasteiger partial charge is 0.327 e. The molecule has 0 bridgehead atoms. The minimum Gasteiger partial charge on any atom is -0.480 e. The molecule has 2 unspecified atom stereocenters. The van der Waals surface area contributed by atoms with Crippen molar-refractivity contribution in [3.63, 3.8) is 0 Å². The van der Waals surface area contributed by atoms with Gasteiger partial charge in [0.2, 0.25) is 11.8 Å². The van der Waals surface area contributed by atoms with Gasteiger partial charge in [-0.1, -0.05) is 66.7 Å². The number of carbonyl (C=O) groups is 3. The highest BCUT2D eigenvalue weighted by Gasteiger charge is 2.39. The fourth-order valence-corrected chi connectivity index (χ4v) is 8.82. The van der Waals surface area contributed by atoms with Crippen LogP contribution in [0.15, 0.2) is 77.7 Å². The van der Waals surface area contributed by atoms with E-state index >= 15 is 0 Å². The number of hydrogen-bond acceptors (Lipinski definition) is 7. The lowest BCUT2D eigenvalue weighted by Crippen LogP contribution is -2.56. The normalized spacial score (nSPS) is 17.9. The van der Waals surface area contributed by atoms with Crippen LogP contribution in [0, 0.1) is 17.8 Å². The zero-order chi connectivity index (χ0) is 36.4. The molecule has 51 heavy (non-hydrogen) atoms. The molecule has 0 saturated carbocycles. The van der Waals surface area contributed by atoms with Gasteiger partial charge in [0, 0.05) is 11.3 Å². The highest BCUT2D eigenvalue weighted by atomic mass is 32.2. The number of carboxylic acids is 1. The van der Waals surface area contributed by atoms with E-state index in [9.17, 15) is 27.9 Å². The molecule has 0 spiro atoms. The first-order chi connectivity index (χ1) is 24.5. The van der Waals surface area contributed by atoms with Gasteiger partial charge in [0.25, 0.3) is 10.0 Å². The minimum absolute atomic E-state index is 0.0829. The molecule has 5 rings (SSSR count). The van der Waals surface area contributed by atoms with Gasteiger partial charge in [-0.15, -0.1) is 4.83 Å². The Morgan fingerprint density at radius 2 is 1.39 bits per heavy atom. The zero-order valence-electron chi connectivity index (χ0n) is 29.8. The van der Waals surface area contributed by atoms with Crippen molar-refractivity contribution in [2.75, 3.05) is 26.2 Å². The summed E-state index contributed by atoms with van der Waals surface area (Å²) in [6.45, 7) is 6.95. The fraction of sp³-hybridized carbons (Fsp3) is 0.513. The van der Waals surface area contributed by atoms with Gasteiger partial charge in [0.15, 0.2) is 0 Å². The summed E-state index contributed by atoms with van der Waals surface area (Å²) < 4.78 is 27.6. The predicted molar refractivity (Wildman–Crippen MR) is 198 cm³/mol. The highest BCUT2D eigenvalue weighted by molar-refractivity contribution is 7.89. The van der Waals surface area contributed by atoms with Crippen molar-refractivity contribution in [1.82, 2.24) is 25.8 Å². The third-order valence-electron chi connectivity index (χ3n) is 10.7. The van der Waals surface area contributed by atoms with Crippen LogP contribution < -0.4 is 20.8 Å². The Morgan fingerprint density at radius 3 is 1.98 bits per heavy atom. The quantitative estimate of drug-likeness (QED) is 0.131. The average Bonchev–Trinajstić information content (AvgIpc) is 3.14. The first kappa shape index (κ1) is 38.4. The third-order valence-corrected chi connectivity index (χ3v) is 12.1. The van der Waals surface area contributed by atoms with Crippen LogP contribution in [0.25, 0.3) is 10.8 Å².